The van der Waals surface area contributed by atoms with Crippen molar-refractivity contribution in [1.29, 1.82) is 0 Å². The first kappa shape index (κ1) is 14.1. The monoisotopic (exact) mass is 310 g/mol. The highest BCUT2D eigenvalue weighted by Gasteiger charge is 2.23. The van der Waals surface area contributed by atoms with Gasteiger partial charge in [0.15, 0.2) is 0 Å². The number of carbonyl (C=O) groups excluding carboxylic acids is 1. The van der Waals surface area contributed by atoms with Crippen LogP contribution in [0.25, 0.3) is 0 Å². The number of fused-ring (bicyclic) bond motifs is 1. The largest absolute Gasteiger partial charge is 0.378 e. The maximum atomic E-state index is 12.4. The Kier molecular flexibility index (Phi) is 3.67. The average molecular weight is 310 g/mol. The van der Waals surface area contributed by atoms with Crippen molar-refractivity contribution in [1.82, 2.24) is 14.9 Å². The van der Waals surface area contributed by atoms with E-state index >= 15 is 0 Å². The zero-order valence-corrected chi connectivity index (χ0v) is 12.8. The van der Waals surface area contributed by atoms with E-state index in [9.17, 15) is 4.79 Å². The van der Waals surface area contributed by atoms with Crippen LogP contribution in [0.1, 0.15) is 15.9 Å². The second-order valence-electron chi connectivity index (χ2n) is 5.71. The average Bonchev–Trinajstić information content (AvgIpc) is 3.06. The fourth-order valence-corrected chi connectivity index (χ4v) is 3.07. The minimum absolute atomic E-state index is 0.0262. The minimum atomic E-state index is -0.0262. The molecule has 2 aromatic rings. The van der Waals surface area contributed by atoms with Gasteiger partial charge in [0, 0.05) is 37.7 Å². The molecule has 1 amide bonds. The predicted octanol–water partition coefficient (Wildman–Crippen LogP) is 1.64. The Morgan fingerprint density at radius 1 is 1.04 bits per heavy atom. The summed E-state index contributed by atoms with van der Waals surface area (Å²) < 4.78 is 5.27. The Morgan fingerprint density at radius 2 is 1.78 bits per heavy atom. The first-order chi connectivity index (χ1) is 11.3. The van der Waals surface area contributed by atoms with Gasteiger partial charge in [0.05, 0.1) is 18.8 Å². The van der Waals surface area contributed by atoms with Crippen LogP contribution in [0.5, 0.6) is 0 Å². The summed E-state index contributed by atoms with van der Waals surface area (Å²) in [4.78, 5) is 25.1. The Labute approximate surface area is 134 Å². The van der Waals surface area contributed by atoms with Gasteiger partial charge in [0.2, 0.25) is 5.95 Å². The lowest BCUT2D eigenvalue weighted by Crippen LogP contribution is -2.40. The summed E-state index contributed by atoms with van der Waals surface area (Å²) >= 11 is 0. The molecule has 4 rings (SSSR count). The van der Waals surface area contributed by atoms with E-state index in [1.807, 2.05) is 12.1 Å². The van der Waals surface area contributed by atoms with E-state index in [2.05, 4.69) is 27.0 Å². The molecular formula is C17H18N4O2. The van der Waals surface area contributed by atoms with E-state index in [1.165, 1.54) is 5.56 Å². The molecule has 118 valence electrons. The van der Waals surface area contributed by atoms with Crippen molar-refractivity contribution in [2.24, 2.45) is 0 Å². The van der Waals surface area contributed by atoms with Gasteiger partial charge in [-0.05, 0) is 18.1 Å². The zero-order chi connectivity index (χ0) is 15.6. The second-order valence-corrected chi connectivity index (χ2v) is 5.71. The number of hydrogen-bond donors (Lipinski definition) is 0. The van der Waals surface area contributed by atoms with Crippen LogP contribution in [0, 0.1) is 0 Å². The van der Waals surface area contributed by atoms with Gasteiger partial charge in [-0.25, -0.2) is 9.97 Å². The summed E-state index contributed by atoms with van der Waals surface area (Å²) in [6.07, 6.45) is 4.25. The number of carbonyl (C=O) groups is 1. The summed E-state index contributed by atoms with van der Waals surface area (Å²) in [5.74, 6) is 0.621. The molecule has 0 bridgehead atoms. The summed E-state index contributed by atoms with van der Waals surface area (Å²) in [6, 6.07) is 8.28. The van der Waals surface area contributed by atoms with Crippen molar-refractivity contribution in [3.63, 3.8) is 0 Å². The second kappa shape index (κ2) is 5.96. The molecule has 3 heterocycles. The van der Waals surface area contributed by atoms with Crippen LogP contribution in [0.15, 0.2) is 36.7 Å². The van der Waals surface area contributed by atoms with Crippen LogP contribution >= 0.6 is 0 Å². The van der Waals surface area contributed by atoms with Crippen LogP contribution in [0.2, 0.25) is 0 Å². The number of anilines is 2. The van der Waals surface area contributed by atoms with Crippen molar-refractivity contribution in [2.45, 2.75) is 6.42 Å². The molecule has 0 radical (unpaired) electrons. The third kappa shape index (κ3) is 2.66. The molecule has 6 heteroatoms. The van der Waals surface area contributed by atoms with E-state index in [1.54, 1.807) is 17.3 Å². The van der Waals surface area contributed by atoms with Crippen molar-refractivity contribution >= 4 is 17.5 Å². The molecule has 1 aromatic carbocycles. The molecular weight excluding hydrogens is 292 g/mol. The van der Waals surface area contributed by atoms with Crippen LogP contribution in [0.3, 0.4) is 0 Å². The first-order valence-electron chi connectivity index (χ1n) is 7.87. The topological polar surface area (TPSA) is 58.6 Å². The number of benzene rings is 1. The van der Waals surface area contributed by atoms with E-state index in [0.717, 1.165) is 18.7 Å². The maximum absolute atomic E-state index is 12.4. The fraction of sp³-hybridized carbons (Fsp3) is 0.353. The number of para-hydroxylation sites is 1. The normalized spacial score (nSPS) is 17.2. The summed E-state index contributed by atoms with van der Waals surface area (Å²) in [5.41, 5.74) is 2.99. The lowest BCUT2D eigenvalue weighted by molar-refractivity contribution is 0.0302. The lowest BCUT2D eigenvalue weighted by atomic mass is 10.2. The van der Waals surface area contributed by atoms with Crippen molar-refractivity contribution in [3.05, 3.63) is 47.8 Å². The first-order valence-corrected chi connectivity index (χ1v) is 7.87. The number of rotatable bonds is 2. The molecule has 2 aliphatic rings. The molecule has 1 aromatic heterocycles. The molecule has 23 heavy (non-hydrogen) atoms. The highest BCUT2D eigenvalue weighted by Crippen LogP contribution is 2.31. The van der Waals surface area contributed by atoms with Gasteiger partial charge < -0.3 is 14.5 Å². The molecule has 0 saturated carbocycles. The smallest absolute Gasteiger partial charge is 0.257 e. The summed E-state index contributed by atoms with van der Waals surface area (Å²) in [5, 5.41) is 0. The molecule has 0 aliphatic carbocycles. The van der Waals surface area contributed by atoms with Gasteiger partial charge in [-0.3, -0.25) is 4.79 Å². The number of nitrogens with zero attached hydrogens (tertiary/aromatic N) is 4. The maximum Gasteiger partial charge on any atom is 0.257 e. The summed E-state index contributed by atoms with van der Waals surface area (Å²) in [6.45, 7) is 3.31. The molecule has 1 fully saturated rings. The number of aromatic nitrogens is 2. The Balaban J connectivity index is 1.53. The van der Waals surface area contributed by atoms with Gasteiger partial charge in [0.1, 0.15) is 0 Å². The standard InChI is InChI=1S/C17H18N4O2/c22-16(20-7-9-23-10-8-20)14-11-18-17(19-12-14)21-6-5-13-3-1-2-4-15(13)21/h1-4,11-12H,5-10H2. The van der Waals surface area contributed by atoms with Crippen molar-refractivity contribution in [3.8, 4) is 0 Å². The van der Waals surface area contributed by atoms with Crippen molar-refractivity contribution in [2.75, 3.05) is 37.7 Å². The SMILES string of the molecule is O=C(c1cnc(N2CCc3ccccc32)nc1)N1CCOCC1. The van der Waals surface area contributed by atoms with E-state index in [4.69, 9.17) is 4.74 Å². The van der Waals surface area contributed by atoms with Crippen LogP contribution in [-0.4, -0.2) is 53.6 Å². The van der Waals surface area contributed by atoms with E-state index in [-0.39, 0.29) is 5.91 Å². The minimum Gasteiger partial charge on any atom is -0.378 e. The molecule has 0 spiro atoms. The predicted molar refractivity (Wildman–Crippen MR) is 85.9 cm³/mol. The quantitative estimate of drug-likeness (QED) is 0.844. The van der Waals surface area contributed by atoms with E-state index < -0.39 is 0 Å². The van der Waals surface area contributed by atoms with Gasteiger partial charge in [-0.2, -0.15) is 0 Å². The molecule has 2 aliphatic heterocycles. The lowest BCUT2D eigenvalue weighted by Gasteiger charge is -2.26. The van der Waals surface area contributed by atoms with Crippen LogP contribution in [0.4, 0.5) is 11.6 Å². The van der Waals surface area contributed by atoms with Crippen LogP contribution in [-0.2, 0) is 11.2 Å². The fourth-order valence-electron chi connectivity index (χ4n) is 3.07. The van der Waals surface area contributed by atoms with Gasteiger partial charge in [0.25, 0.3) is 5.91 Å². The van der Waals surface area contributed by atoms with Gasteiger partial charge in [-0.15, -0.1) is 0 Å². The number of morpholine rings is 1. The molecule has 0 unspecified atom stereocenters. The molecule has 1 saturated heterocycles. The highest BCUT2D eigenvalue weighted by molar-refractivity contribution is 5.93. The third-order valence-electron chi connectivity index (χ3n) is 4.31. The van der Waals surface area contributed by atoms with Crippen molar-refractivity contribution < 1.29 is 9.53 Å². The van der Waals surface area contributed by atoms with Gasteiger partial charge >= 0.3 is 0 Å². The van der Waals surface area contributed by atoms with E-state index in [0.29, 0.717) is 37.8 Å². The van der Waals surface area contributed by atoms with Gasteiger partial charge in [-0.1, -0.05) is 18.2 Å². The third-order valence-corrected chi connectivity index (χ3v) is 4.31. The Bertz CT molecular complexity index is 711. The zero-order valence-electron chi connectivity index (χ0n) is 12.8. The number of ether oxygens (including phenoxy) is 1. The Hall–Kier alpha value is -2.47. The molecule has 0 N–H and O–H groups in total. The molecule has 0 atom stereocenters. The molecule has 6 nitrogen and oxygen atoms in total. The number of amides is 1. The Morgan fingerprint density at radius 3 is 2.57 bits per heavy atom. The summed E-state index contributed by atoms with van der Waals surface area (Å²) in [7, 11) is 0. The highest BCUT2D eigenvalue weighted by atomic mass is 16.5. The van der Waals surface area contributed by atoms with Crippen LogP contribution < -0.4 is 4.90 Å². The number of hydrogen-bond acceptors (Lipinski definition) is 5.